The van der Waals surface area contributed by atoms with Crippen LogP contribution in [0.4, 0.5) is 22.8 Å². The van der Waals surface area contributed by atoms with Crippen LogP contribution in [-0.2, 0) is 14.3 Å². The summed E-state index contributed by atoms with van der Waals surface area (Å²) in [6.07, 6.45) is 9.51. The molecule has 4 aliphatic rings. The molecule has 19 heteroatoms. The van der Waals surface area contributed by atoms with Gasteiger partial charge in [0.25, 0.3) is 0 Å². The lowest BCUT2D eigenvalue weighted by molar-refractivity contribution is -0.243. The van der Waals surface area contributed by atoms with Crippen LogP contribution in [0.2, 0.25) is 0 Å². The van der Waals surface area contributed by atoms with Crippen LogP contribution in [0, 0.1) is 17.8 Å². The number of alkyl halides is 3. The van der Waals surface area contributed by atoms with Gasteiger partial charge >= 0.3 is 18.3 Å². The summed E-state index contributed by atoms with van der Waals surface area (Å²) in [6.45, 7) is 12.9. The molecule has 15 nitrogen and oxygen atoms in total. The summed E-state index contributed by atoms with van der Waals surface area (Å²) < 4.78 is 49.1. The van der Waals surface area contributed by atoms with E-state index in [9.17, 15) is 37.1 Å². The van der Waals surface area contributed by atoms with E-state index in [1.165, 1.54) is 31.2 Å². The summed E-state index contributed by atoms with van der Waals surface area (Å²) in [6, 6.07) is 8.48. The highest BCUT2D eigenvalue weighted by Gasteiger charge is 2.50. The van der Waals surface area contributed by atoms with E-state index in [1.807, 2.05) is 23.2 Å². The van der Waals surface area contributed by atoms with Crippen LogP contribution in [0.3, 0.4) is 0 Å². The second-order valence-corrected chi connectivity index (χ2v) is 19.5. The number of allylic oxidation sites excluding steroid dienone is 1. The predicted molar refractivity (Wildman–Crippen MR) is 242 cm³/mol. The number of aromatic nitrogens is 3. The number of methoxy groups -OCH3 is 1. The molecule has 7 rings (SSSR count). The highest BCUT2D eigenvalue weighted by molar-refractivity contribution is 7.99. The number of rotatable bonds is 6. The van der Waals surface area contributed by atoms with Gasteiger partial charge in [-0.05, 0) is 126 Å². The van der Waals surface area contributed by atoms with Gasteiger partial charge in [-0.25, -0.2) is 14.3 Å². The number of benzene rings is 1. The molecule has 5 atom stereocenters. The van der Waals surface area contributed by atoms with Gasteiger partial charge in [0.15, 0.2) is 5.43 Å². The Labute approximate surface area is 377 Å². The van der Waals surface area contributed by atoms with Crippen molar-refractivity contribution in [3.05, 3.63) is 64.6 Å². The zero-order valence-corrected chi connectivity index (χ0v) is 38.9. The van der Waals surface area contributed by atoms with Crippen LogP contribution in [0.1, 0.15) is 118 Å². The Kier molecular flexibility index (Phi) is 17.8. The lowest BCUT2D eigenvalue weighted by Crippen LogP contribution is -2.47. The molecule has 7 N–H and O–H groups in total. The molecule has 0 spiro atoms. The number of carbonyl (C=O) groups excluding carboxylic acids is 4. The number of nitrogens with one attached hydrogen (secondary N) is 3. The van der Waals surface area contributed by atoms with E-state index in [2.05, 4.69) is 77.4 Å². The smallest absolute Gasteiger partial charge is 0.427 e. The second kappa shape index (κ2) is 22.1. The van der Waals surface area contributed by atoms with Crippen molar-refractivity contribution in [1.29, 1.82) is 0 Å². The van der Waals surface area contributed by atoms with Crippen molar-refractivity contribution >= 4 is 46.8 Å². The quantitative estimate of drug-likeness (QED) is 0.119. The fourth-order valence-electron chi connectivity index (χ4n) is 7.17. The minimum atomic E-state index is -4.60. The van der Waals surface area contributed by atoms with Crippen LogP contribution in [0.5, 0.6) is 5.75 Å². The maximum Gasteiger partial charge on any atom is 0.427 e. The molecule has 2 aliphatic heterocycles. The molecule has 3 fully saturated rings. The highest BCUT2D eigenvalue weighted by atomic mass is 32.2. The molecule has 64 heavy (non-hydrogen) atoms. The third kappa shape index (κ3) is 15.5. The van der Waals surface area contributed by atoms with Crippen LogP contribution in [0.15, 0.2) is 53.5 Å². The number of nitrogens with two attached hydrogens (primary N) is 2. The van der Waals surface area contributed by atoms with Crippen LogP contribution >= 0.6 is 11.9 Å². The van der Waals surface area contributed by atoms with Crippen LogP contribution < -0.4 is 31.7 Å². The number of H-pyrrole nitrogens is 1. The third-order valence-electron chi connectivity index (χ3n) is 11.4. The topological polar surface area (TPSA) is 217 Å². The summed E-state index contributed by atoms with van der Waals surface area (Å²) in [7, 11) is 1.60. The fraction of sp³-hybridized carbons (Fsp3) is 0.600. The van der Waals surface area contributed by atoms with E-state index in [1.54, 1.807) is 30.0 Å². The summed E-state index contributed by atoms with van der Waals surface area (Å²) in [4.78, 5) is 62.5. The average Bonchev–Trinajstić information content (AvgIpc) is 3.94. The van der Waals surface area contributed by atoms with Gasteiger partial charge in [-0.1, -0.05) is 39.8 Å². The number of halogens is 3. The molecule has 2 aromatic heterocycles. The number of nitrogens with zero attached hydrogens (tertiary/aromatic N) is 3. The highest BCUT2D eigenvalue weighted by Crippen LogP contribution is 2.46. The molecular formula is C45H65F3N8O7S. The first-order valence-corrected chi connectivity index (χ1v) is 22.6. The van der Waals surface area contributed by atoms with E-state index in [0.717, 1.165) is 63.7 Å². The Morgan fingerprint density at radius 2 is 1.73 bits per heavy atom. The van der Waals surface area contributed by atoms with Gasteiger partial charge in [0.2, 0.25) is 17.4 Å². The molecule has 2 aliphatic carbocycles. The first kappa shape index (κ1) is 51.4. The Morgan fingerprint density at radius 3 is 2.31 bits per heavy atom. The summed E-state index contributed by atoms with van der Waals surface area (Å²) >= 11 is 1.43. The standard InChI is InChI=1S/C19H30N2O2.C16H17N3O2.C5H8F3NO2.C5H10N2OS/c1-13-6-3-4-7-15-12-16(15)20-19(23)17-8-5-9-21(17)18(22)11-14(2)10-13;1-10(2)13-6-7-19(18-13)16-9-15(20)12-5-4-11(21-3)8-14(12)17-16;1-4(2,5(6,7)8)11-3(9)10;1-5(2-3-5)9-7-4(6)8/h4,7,13-17H,3,5-6,8-12H2,1-2H3,(H,20,23);4-10H,1-3H3,(H,17,20);1-2H3,(H2,9,10);2-3H2,1H3,(H3,6,7,8)/b7-4-;;;/t13-,14?,15-,16?,17?;;;/m1.../s1. The van der Waals surface area contributed by atoms with Crippen molar-refractivity contribution in [2.45, 2.75) is 141 Å². The number of primary amides is 2. The van der Waals surface area contributed by atoms with Crippen LogP contribution in [0.25, 0.3) is 16.7 Å². The van der Waals surface area contributed by atoms with Gasteiger partial charge in [-0.3, -0.25) is 19.1 Å². The van der Waals surface area contributed by atoms with Crippen molar-refractivity contribution in [2.24, 2.45) is 29.2 Å². The monoisotopic (exact) mass is 918 g/mol. The lowest BCUT2D eigenvalue weighted by atomic mass is 9.91. The predicted octanol–water partition coefficient (Wildman–Crippen LogP) is 8.01. The van der Waals surface area contributed by atoms with Crippen molar-refractivity contribution < 1.29 is 41.8 Å². The van der Waals surface area contributed by atoms with E-state index in [-0.39, 0.29) is 34.1 Å². The molecule has 1 saturated heterocycles. The molecule has 3 aromatic rings. The van der Waals surface area contributed by atoms with Gasteiger partial charge < -0.3 is 36.1 Å². The molecule has 3 unspecified atom stereocenters. The summed E-state index contributed by atoms with van der Waals surface area (Å²) in [5.41, 5.74) is 8.44. The molecule has 4 heterocycles. The fourth-order valence-corrected chi connectivity index (χ4v) is 7.83. The Morgan fingerprint density at radius 1 is 1.03 bits per heavy atom. The third-order valence-corrected chi connectivity index (χ3v) is 12.6. The number of fused-ring (bicyclic) bond motifs is 3. The van der Waals surface area contributed by atoms with Gasteiger partial charge in [-0.15, -0.1) is 0 Å². The van der Waals surface area contributed by atoms with Gasteiger partial charge in [0, 0.05) is 47.5 Å². The number of ether oxygens (including phenoxy) is 2. The number of aromatic amines is 1. The largest absolute Gasteiger partial charge is 0.497 e. The second-order valence-electron chi connectivity index (χ2n) is 18.1. The number of hydrogen-bond donors (Lipinski definition) is 5. The number of amides is 5. The van der Waals surface area contributed by atoms with E-state index in [4.69, 9.17) is 10.5 Å². The van der Waals surface area contributed by atoms with Gasteiger partial charge in [-0.2, -0.15) is 18.3 Å². The van der Waals surface area contributed by atoms with Crippen molar-refractivity contribution in [3.63, 3.8) is 0 Å². The Hall–Kier alpha value is -5.20. The first-order chi connectivity index (χ1) is 29.9. The SMILES string of the molecule is CC(C)(OC(N)=O)C(F)(F)F.CC1(SNC(N)=O)CC1.CC1CC(=O)N2CCCC2C(=O)NC2C[C@H]2/C=C\CC[C@@H](C)C1.COc1ccc2c(=O)cc(-n3ccc(C(C)C)n3)[nH]c2c1. The zero-order valence-electron chi connectivity index (χ0n) is 38.1. The molecule has 2 saturated carbocycles. The normalized spacial score (nSPS) is 23.4. The first-order valence-electron chi connectivity index (χ1n) is 21.7. The number of hydrogen-bond acceptors (Lipinski definition) is 9. The number of urea groups is 1. The van der Waals surface area contributed by atoms with E-state index >= 15 is 0 Å². The average molecular weight is 919 g/mol. The molecule has 0 radical (unpaired) electrons. The van der Waals surface area contributed by atoms with E-state index < -0.39 is 23.9 Å². The molecular weight excluding hydrogens is 854 g/mol. The van der Waals surface area contributed by atoms with Crippen LogP contribution in [-0.4, -0.2) is 85.9 Å². The van der Waals surface area contributed by atoms with Gasteiger partial charge in [0.05, 0.1) is 18.3 Å². The number of pyridine rings is 1. The molecule has 354 valence electrons. The number of carbonyl (C=O) groups is 4. The van der Waals surface area contributed by atoms with Crippen molar-refractivity contribution in [3.8, 4) is 11.6 Å². The molecule has 5 amide bonds. The molecule has 1 aromatic carbocycles. The van der Waals surface area contributed by atoms with Crippen molar-refractivity contribution in [1.82, 2.24) is 29.7 Å². The Bertz CT molecular complexity index is 2170. The maximum absolute atomic E-state index is 12.6. The summed E-state index contributed by atoms with van der Waals surface area (Å²) in [5, 5.41) is 8.27. The lowest BCUT2D eigenvalue weighted by Gasteiger charge is -2.26. The zero-order chi connectivity index (χ0) is 47.6. The minimum absolute atomic E-state index is 0.0389. The van der Waals surface area contributed by atoms with Gasteiger partial charge in [0.1, 0.15) is 17.6 Å². The Balaban J connectivity index is 0.000000201. The van der Waals surface area contributed by atoms with Crippen molar-refractivity contribution in [2.75, 3.05) is 13.7 Å². The minimum Gasteiger partial charge on any atom is -0.497 e. The summed E-state index contributed by atoms with van der Waals surface area (Å²) in [5.74, 6) is 3.48. The maximum atomic E-state index is 12.6. The molecule has 0 bridgehead atoms. The van der Waals surface area contributed by atoms with E-state index in [0.29, 0.717) is 47.0 Å².